The van der Waals surface area contributed by atoms with Crippen molar-refractivity contribution in [1.29, 1.82) is 0 Å². The first-order valence-electron chi connectivity index (χ1n) is 11.8. The molecular formula is C28H30ClN3O3. The molecule has 0 saturated heterocycles. The molecule has 1 aromatic heterocycles. The Labute approximate surface area is 210 Å². The molecule has 7 heteroatoms. The van der Waals surface area contributed by atoms with Gasteiger partial charge < -0.3 is 19.4 Å². The molecule has 3 aromatic carbocycles. The number of aromatic nitrogens is 2. The van der Waals surface area contributed by atoms with Gasteiger partial charge in [-0.3, -0.25) is 4.79 Å². The quantitative estimate of drug-likeness (QED) is 0.265. The molecule has 6 nitrogen and oxygen atoms in total. The minimum Gasteiger partial charge on any atom is -0.493 e. The third-order valence-electron chi connectivity index (χ3n) is 6.03. The van der Waals surface area contributed by atoms with E-state index < -0.39 is 0 Å². The van der Waals surface area contributed by atoms with Crippen molar-refractivity contribution in [2.45, 2.75) is 32.2 Å². The van der Waals surface area contributed by atoms with Gasteiger partial charge in [0.15, 0.2) is 11.5 Å². The number of para-hydroxylation sites is 2. The zero-order chi connectivity index (χ0) is 24.6. The van der Waals surface area contributed by atoms with Crippen molar-refractivity contribution in [3.63, 3.8) is 0 Å². The second-order valence-electron chi connectivity index (χ2n) is 8.33. The molecule has 0 fully saturated rings. The van der Waals surface area contributed by atoms with Crippen LogP contribution in [0.1, 0.15) is 41.0 Å². The van der Waals surface area contributed by atoms with Crippen LogP contribution >= 0.6 is 11.6 Å². The number of rotatable bonds is 11. The maximum Gasteiger partial charge on any atom is 0.251 e. The van der Waals surface area contributed by atoms with Gasteiger partial charge in [-0.25, -0.2) is 4.98 Å². The highest BCUT2D eigenvalue weighted by molar-refractivity contribution is 6.31. The van der Waals surface area contributed by atoms with E-state index in [2.05, 4.69) is 22.0 Å². The normalized spacial score (nSPS) is 10.9. The number of imidazole rings is 1. The molecule has 0 aliphatic carbocycles. The number of nitrogens with zero attached hydrogens (tertiary/aromatic N) is 2. The van der Waals surface area contributed by atoms with Gasteiger partial charge in [0.05, 0.1) is 31.8 Å². The molecule has 1 N–H and O–H groups in total. The van der Waals surface area contributed by atoms with Crippen molar-refractivity contribution in [3.05, 3.63) is 88.7 Å². The summed E-state index contributed by atoms with van der Waals surface area (Å²) >= 11 is 6.43. The number of hydrogen-bond acceptors (Lipinski definition) is 4. The Hall–Kier alpha value is -3.51. The van der Waals surface area contributed by atoms with Crippen LogP contribution in [0.4, 0.5) is 0 Å². The number of hydrogen-bond donors (Lipinski definition) is 1. The van der Waals surface area contributed by atoms with Crippen LogP contribution in [-0.2, 0) is 13.0 Å². The highest BCUT2D eigenvalue weighted by atomic mass is 35.5. The number of ether oxygens (including phenoxy) is 2. The minimum atomic E-state index is -0.118. The zero-order valence-electron chi connectivity index (χ0n) is 20.1. The average Bonchev–Trinajstić information content (AvgIpc) is 3.23. The summed E-state index contributed by atoms with van der Waals surface area (Å²) in [5.41, 5.74) is 3.74. The highest BCUT2D eigenvalue weighted by Crippen LogP contribution is 2.27. The standard InChI is InChI=1S/C28H30ClN3O3/c1-34-25-16-15-20(18-26(25)35-2)28(33)30-17-9-3-4-14-27-31-23-12-7-8-13-24(23)32(27)19-21-10-5-6-11-22(21)29/h5-8,10-13,15-16,18H,3-4,9,14,17,19H2,1-2H3,(H,30,33). The number of aryl methyl sites for hydroxylation is 1. The number of halogens is 1. The fraction of sp³-hybridized carbons (Fsp3) is 0.286. The van der Waals surface area contributed by atoms with Crippen molar-refractivity contribution in [2.75, 3.05) is 20.8 Å². The van der Waals surface area contributed by atoms with E-state index in [9.17, 15) is 4.79 Å². The van der Waals surface area contributed by atoms with Crippen LogP contribution in [0.15, 0.2) is 66.7 Å². The lowest BCUT2D eigenvalue weighted by Crippen LogP contribution is -2.24. The van der Waals surface area contributed by atoms with Crippen LogP contribution in [0, 0.1) is 0 Å². The Morgan fingerprint density at radius 2 is 1.71 bits per heavy atom. The number of carbonyl (C=O) groups excluding carboxylic acids is 1. The predicted octanol–water partition coefficient (Wildman–Crippen LogP) is 5.90. The number of fused-ring (bicyclic) bond motifs is 1. The Morgan fingerprint density at radius 1 is 0.943 bits per heavy atom. The topological polar surface area (TPSA) is 65.4 Å². The van der Waals surface area contributed by atoms with Crippen molar-refractivity contribution in [1.82, 2.24) is 14.9 Å². The summed E-state index contributed by atoms with van der Waals surface area (Å²) in [6.07, 6.45) is 3.73. The molecule has 0 spiro atoms. The molecule has 0 bridgehead atoms. The van der Waals surface area contributed by atoms with Crippen molar-refractivity contribution in [3.8, 4) is 11.5 Å². The predicted molar refractivity (Wildman–Crippen MR) is 140 cm³/mol. The van der Waals surface area contributed by atoms with E-state index in [1.54, 1.807) is 32.4 Å². The molecule has 1 heterocycles. The largest absolute Gasteiger partial charge is 0.493 e. The number of benzene rings is 3. The molecule has 4 aromatic rings. The molecule has 0 saturated carbocycles. The summed E-state index contributed by atoms with van der Waals surface area (Å²) in [4.78, 5) is 17.4. The smallest absolute Gasteiger partial charge is 0.251 e. The van der Waals surface area contributed by atoms with Gasteiger partial charge >= 0.3 is 0 Å². The van der Waals surface area contributed by atoms with Gasteiger partial charge in [-0.1, -0.05) is 48.4 Å². The lowest BCUT2D eigenvalue weighted by Gasteiger charge is -2.11. The lowest BCUT2D eigenvalue weighted by atomic mass is 10.1. The minimum absolute atomic E-state index is 0.118. The van der Waals surface area contributed by atoms with E-state index in [4.69, 9.17) is 26.1 Å². The number of unbranched alkanes of at least 4 members (excludes halogenated alkanes) is 2. The first-order valence-corrected chi connectivity index (χ1v) is 12.2. The summed E-state index contributed by atoms with van der Waals surface area (Å²) in [5, 5.41) is 3.75. The van der Waals surface area contributed by atoms with Crippen LogP contribution in [-0.4, -0.2) is 36.2 Å². The van der Waals surface area contributed by atoms with Crippen molar-refractivity contribution in [2.24, 2.45) is 0 Å². The van der Waals surface area contributed by atoms with Crippen molar-refractivity contribution < 1.29 is 14.3 Å². The highest BCUT2D eigenvalue weighted by Gasteiger charge is 2.13. The third kappa shape index (κ3) is 5.95. The molecule has 0 unspecified atom stereocenters. The molecule has 0 aliphatic heterocycles. The fourth-order valence-corrected chi connectivity index (χ4v) is 4.35. The number of nitrogens with one attached hydrogen (secondary N) is 1. The van der Waals surface area contributed by atoms with Gasteiger partial charge in [-0.15, -0.1) is 0 Å². The van der Waals surface area contributed by atoms with Crippen LogP contribution in [0.3, 0.4) is 0 Å². The van der Waals surface area contributed by atoms with E-state index in [-0.39, 0.29) is 5.91 Å². The molecule has 4 rings (SSSR count). The summed E-state index contributed by atoms with van der Waals surface area (Å²) in [5.74, 6) is 2.08. The van der Waals surface area contributed by atoms with Gasteiger partial charge in [0, 0.05) is 23.6 Å². The fourth-order valence-electron chi connectivity index (χ4n) is 4.16. The third-order valence-corrected chi connectivity index (χ3v) is 6.40. The first-order chi connectivity index (χ1) is 17.1. The van der Waals surface area contributed by atoms with Crippen LogP contribution < -0.4 is 14.8 Å². The SMILES string of the molecule is COc1ccc(C(=O)NCCCCCc2nc3ccccc3n2Cc2ccccc2Cl)cc1OC. The molecule has 35 heavy (non-hydrogen) atoms. The van der Waals surface area contributed by atoms with Gasteiger partial charge in [0.1, 0.15) is 5.82 Å². The Balaban J connectivity index is 1.31. The first kappa shape index (κ1) is 24.6. The van der Waals surface area contributed by atoms with Gasteiger partial charge in [0.2, 0.25) is 0 Å². The Morgan fingerprint density at radius 3 is 2.51 bits per heavy atom. The van der Waals surface area contributed by atoms with E-state index in [0.717, 1.165) is 53.1 Å². The average molecular weight is 492 g/mol. The van der Waals surface area contributed by atoms with Gasteiger partial charge in [-0.05, 0) is 54.8 Å². The molecule has 0 radical (unpaired) electrons. The van der Waals surface area contributed by atoms with Crippen molar-refractivity contribution >= 4 is 28.5 Å². The number of methoxy groups -OCH3 is 2. The Kier molecular flexibility index (Phi) is 8.27. The zero-order valence-corrected chi connectivity index (χ0v) is 20.8. The number of amides is 1. The monoisotopic (exact) mass is 491 g/mol. The maximum absolute atomic E-state index is 12.5. The summed E-state index contributed by atoms with van der Waals surface area (Å²) < 4.78 is 12.8. The van der Waals surface area contributed by atoms with E-state index >= 15 is 0 Å². The number of carbonyl (C=O) groups is 1. The van der Waals surface area contributed by atoms with E-state index in [0.29, 0.717) is 30.2 Å². The summed E-state index contributed by atoms with van der Waals surface area (Å²) in [6.45, 7) is 1.31. The second-order valence-corrected chi connectivity index (χ2v) is 8.74. The van der Waals surface area contributed by atoms with E-state index in [1.807, 2.05) is 36.4 Å². The van der Waals surface area contributed by atoms with E-state index in [1.165, 1.54) is 0 Å². The molecule has 0 aliphatic rings. The molecular weight excluding hydrogens is 462 g/mol. The second kappa shape index (κ2) is 11.8. The van der Waals surface area contributed by atoms with Gasteiger partial charge in [0.25, 0.3) is 5.91 Å². The maximum atomic E-state index is 12.5. The van der Waals surface area contributed by atoms with Crippen LogP contribution in [0.5, 0.6) is 11.5 Å². The molecule has 0 atom stereocenters. The Bertz CT molecular complexity index is 1300. The van der Waals surface area contributed by atoms with Crippen LogP contribution in [0.2, 0.25) is 5.02 Å². The molecule has 1 amide bonds. The van der Waals surface area contributed by atoms with Gasteiger partial charge in [-0.2, -0.15) is 0 Å². The van der Waals surface area contributed by atoms with Crippen LogP contribution in [0.25, 0.3) is 11.0 Å². The summed E-state index contributed by atoms with van der Waals surface area (Å²) in [7, 11) is 3.13. The lowest BCUT2D eigenvalue weighted by molar-refractivity contribution is 0.0952. The molecule has 182 valence electrons. The summed E-state index contributed by atoms with van der Waals surface area (Å²) in [6, 6.07) is 21.3.